The predicted molar refractivity (Wildman–Crippen MR) is 67.1 cm³/mol. The second kappa shape index (κ2) is 4.97. The molecule has 5 nitrogen and oxygen atoms in total. The SMILES string of the molecule is CNC(=O)CNc1nc(Cl)nc2ccccc12. The third-order valence-electron chi connectivity index (χ3n) is 2.27. The third-order valence-corrected chi connectivity index (χ3v) is 2.44. The van der Waals surface area contributed by atoms with E-state index in [0.29, 0.717) is 5.82 Å². The molecule has 0 fully saturated rings. The van der Waals surface area contributed by atoms with Gasteiger partial charge in [-0.15, -0.1) is 0 Å². The highest BCUT2D eigenvalue weighted by atomic mass is 35.5. The van der Waals surface area contributed by atoms with Crippen LogP contribution >= 0.6 is 11.6 Å². The van der Waals surface area contributed by atoms with E-state index in [1.165, 1.54) is 0 Å². The van der Waals surface area contributed by atoms with Gasteiger partial charge in [-0.2, -0.15) is 0 Å². The Morgan fingerprint density at radius 2 is 2.12 bits per heavy atom. The van der Waals surface area contributed by atoms with Crippen LogP contribution in [-0.4, -0.2) is 29.5 Å². The average molecular weight is 251 g/mol. The number of para-hydroxylation sites is 1. The predicted octanol–water partition coefficient (Wildman–Crippen LogP) is 1.44. The van der Waals surface area contributed by atoms with Gasteiger partial charge in [0.15, 0.2) is 0 Å². The van der Waals surface area contributed by atoms with E-state index < -0.39 is 0 Å². The van der Waals surface area contributed by atoms with E-state index >= 15 is 0 Å². The number of aromatic nitrogens is 2. The molecule has 1 amide bonds. The Bertz CT molecular complexity index is 558. The average Bonchev–Trinajstić information content (AvgIpc) is 2.35. The first-order valence-electron chi connectivity index (χ1n) is 5.07. The molecule has 1 aromatic carbocycles. The number of hydrogen-bond donors (Lipinski definition) is 2. The standard InChI is InChI=1S/C11H11ClN4O/c1-13-9(17)6-14-10-7-4-2-3-5-8(7)15-11(12)16-10/h2-5H,6H2,1H3,(H,13,17)(H,14,15,16). The molecule has 0 aliphatic rings. The summed E-state index contributed by atoms with van der Waals surface area (Å²) < 4.78 is 0. The Morgan fingerprint density at radius 1 is 1.35 bits per heavy atom. The second-order valence-corrected chi connectivity index (χ2v) is 3.72. The van der Waals surface area contributed by atoms with E-state index in [2.05, 4.69) is 20.6 Å². The van der Waals surface area contributed by atoms with Gasteiger partial charge in [0.2, 0.25) is 11.2 Å². The Balaban J connectivity index is 2.35. The summed E-state index contributed by atoms with van der Waals surface area (Å²) in [7, 11) is 1.58. The number of halogens is 1. The van der Waals surface area contributed by atoms with Crippen molar-refractivity contribution in [2.45, 2.75) is 0 Å². The van der Waals surface area contributed by atoms with Crippen molar-refractivity contribution in [1.29, 1.82) is 0 Å². The van der Waals surface area contributed by atoms with Crippen molar-refractivity contribution in [3.05, 3.63) is 29.5 Å². The first-order chi connectivity index (χ1) is 8.20. The number of carbonyl (C=O) groups is 1. The quantitative estimate of drug-likeness (QED) is 0.809. The van der Waals surface area contributed by atoms with Gasteiger partial charge in [-0.3, -0.25) is 4.79 Å². The lowest BCUT2D eigenvalue weighted by atomic mass is 10.2. The molecule has 6 heteroatoms. The van der Waals surface area contributed by atoms with Crippen LogP contribution in [0.5, 0.6) is 0 Å². The maximum atomic E-state index is 11.2. The highest BCUT2D eigenvalue weighted by Gasteiger charge is 2.06. The molecule has 0 aliphatic heterocycles. The van der Waals surface area contributed by atoms with Crippen LogP contribution in [0.25, 0.3) is 10.9 Å². The summed E-state index contributed by atoms with van der Waals surface area (Å²) in [4.78, 5) is 19.3. The van der Waals surface area contributed by atoms with Crippen molar-refractivity contribution in [1.82, 2.24) is 15.3 Å². The first-order valence-corrected chi connectivity index (χ1v) is 5.45. The van der Waals surface area contributed by atoms with Crippen molar-refractivity contribution in [2.24, 2.45) is 0 Å². The van der Waals surface area contributed by atoms with Gasteiger partial charge >= 0.3 is 0 Å². The molecular weight excluding hydrogens is 240 g/mol. The van der Waals surface area contributed by atoms with Crippen LogP contribution in [0.2, 0.25) is 5.28 Å². The van der Waals surface area contributed by atoms with E-state index in [-0.39, 0.29) is 17.7 Å². The van der Waals surface area contributed by atoms with E-state index in [1.807, 2.05) is 24.3 Å². The van der Waals surface area contributed by atoms with Gasteiger partial charge in [-0.05, 0) is 23.7 Å². The molecule has 0 spiro atoms. The van der Waals surface area contributed by atoms with Gasteiger partial charge in [0, 0.05) is 12.4 Å². The van der Waals surface area contributed by atoms with E-state index in [4.69, 9.17) is 11.6 Å². The normalized spacial score (nSPS) is 10.2. The molecule has 88 valence electrons. The highest BCUT2D eigenvalue weighted by Crippen LogP contribution is 2.21. The van der Waals surface area contributed by atoms with Gasteiger partial charge in [-0.1, -0.05) is 12.1 Å². The number of nitrogens with zero attached hydrogens (tertiary/aromatic N) is 2. The minimum atomic E-state index is -0.121. The lowest BCUT2D eigenvalue weighted by molar-refractivity contribution is -0.118. The fraction of sp³-hybridized carbons (Fsp3) is 0.182. The second-order valence-electron chi connectivity index (χ2n) is 3.39. The molecule has 0 unspecified atom stereocenters. The lowest BCUT2D eigenvalue weighted by Crippen LogP contribution is -2.26. The van der Waals surface area contributed by atoms with Gasteiger partial charge in [0.1, 0.15) is 5.82 Å². The van der Waals surface area contributed by atoms with Crippen LogP contribution < -0.4 is 10.6 Å². The zero-order chi connectivity index (χ0) is 12.3. The van der Waals surface area contributed by atoms with Gasteiger partial charge in [0.05, 0.1) is 12.1 Å². The largest absolute Gasteiger partial charge is 0.360 e. The molecule has 0 radical (unpaired) electrons. The Labute approximate surface area is 103 Å². The summed E-state index contributed by atoms with van der Waals surface area (Å²) in [5.41, 5.74) is 0.743. The number of fused-ring (bicyclic) bond motifs is 1. The minimum absolute atomic E-state index is 0.121. The highest BCUT2D eigenvalue weighted by molar-refractivity contribution is 6.28. The van der Waals surface area contributed by atoms with Crippen molar-refractivity contribution >= 4 is 34.2 Å². The number of nitrogens with one attached hydrogen (secondary N) is 2. The Kier molecular flexibility index (Phi) is 3.39. The molecule has 1 heterocycles. The maximum Gasteiger partial charge on any atom is 0.239 e. The minimum Gasteiger partial charge on any atom is -0.360 e. The summed E-state index contributed by atoms with van der Waals surface area (Å²) >= 11 is 5.81. The van der Waals surface area contributed by atoms with Gasteiger partial charge < -0.3 is 10.6 Å². The Hall–Kier alpha value is -1.88. The van der Waals surface area contributed by atoms with E-state index in [9.17, 15) is 4.79 Å². The molecular formula is C11H11ClN4O. The van der Waals surface area contributed by atoms with E-state index in [0.717, 1.165) is 10.9 Å². The number of hydrogen-bond acceptors (Lipinski definition) is 4. The fourth-order valence-corrected chi connectivity index (χ4v) is 1.61. The molecule has 1 aromatic heterocycles. The summed E-state index contributed by atoms with van der Waals surface area (Å²) in [6, 6.07) is 7.46. The topological polar surface area (TPSA) is 66.9 Å². The number of carbonyl (C=O) groups excluding carboxylic acids is 1. The molecule has 2 N–H and O–H groups in total. The lowest BCUT2D eigenvalue weighted by Gasteiger charge is -2.07. The van der Waals surface area contributed by atoms with Crippen LogP contribution in [0, 0.1) is 0 Å². The summed E-state index contributed by atoms with van der Waals surface area (Å²) in [6.45, 7) is 0.147. The zero-order valence-electron chi connectivity index (χ0n) is 9.20. The first kappa shape index (κ1) is 11.6. The maximum absolute atomic E-state index is 11.2. The van der Waals surface area contributed by atoms with E-state index in [1.54, 1.807) is 7.05 Å². The van der Waals surface area contributed by atoms with Crippen molar-refractivity contribution < 1.29 is 4.79 Å². The van der Waals surface area contributed by atoms with Crippen LogP contribution in [0.15, 0.2) is 24.3 Å². The van der Waals surface area contributed by atoms with Crippen molar-refractivity contribution in [3.63, 3.8) is 0 Å². The monoisotopic (exact) mass is 250 g/mol. The Morgan fingerprint density at radius 3 is 2.88 bits per heavy atom. The molecule has 2 rings (SSSR count). The van der Waals surface area contributed by atoms with Crippen molar-refractivity contribution in [3.8, 4) is 0 Å². The smallest absolute Gasteiger partial charge is 0.239 e. The molecule has 0 saturated heterocycles. The number of rotatable bonds is 3. The fourth-order valence-electron chi connectivity index (χ4n) is 1.44. The molecule has 2 aromatic rings. The number of amides is 1. The summed E-state index contributed by atoms with van der Waals surface area (Å²) in [5.74, 6) is 0.438. The summed E-state index contributed by atoms with van der Waals surface area (Å²) in [5, 5.41) is 6.44. The molecule has 17 heavy (non-hydrogen) atoms. The molecule has 0 atom stereocenters. The third kappa shape index (κ3) is 2.62. The van der Waals surface area contributed by atoms with Gasteiger partial charge in [-0.25, -0.2) is 9.97 Å². The van der Waals surface area contributed by atoms with Crippen LogP contribution in [0.4, 0.5) is 5.82 Å². The summed E-state index contributed by atoms with van der Waals surface area (Å²) in [6.07, 6.45) is 0. The number of likely N-dealkylation sites (N-methyl/N-ethyl adjacent to an activating group) is 1. The number of benzene rings is 1. The molecule has 0 bridgehead atoms. The molecule has 0 aliphatic carbocycles. The number of anilines is 1. The van der Waals surface area contributed by atoms with Crippen LogP contribution in [0.1, 0.15) is 0 Å². The van der Waals surface area contributed by atoms with Crippen LogP contribution in [-0.2, 0) is 4.79 Å². The van der Waals surface area contributed by atoms with Crippen molar-refractivity contribution in [2.75, 3.05) is 18.9 Å². The molecule has 0 saturated carbocycles. The van der Waals surface area contributed by atoms with Gasteiger partial charge in [0.25, 0.3) is 0 Å². The van der Waals surface area contributed by atoms with Crippen LogP contribution in [0.3, 0.4) is 0 Å². The zero-order valence-corrected chi connectivity index (χ0v) is 9.95.